The van der Waals surface area contributed by atoms with E-state index in [1.165, 1.54) is 10.5 Å². The van der Waals surface area contributed by atoms with Crippen LogP contribution in [0.1, 0.15) is 58.7 Å². The number of esters is 1. The van der Waals surface area contributed by atoms with Gasteiger partial charge in [-0.2, -0.15) is 5.10 Å². The first-order chi connectivity index (χ1) is 16.2. The normalized spacial score (nSPS) is 13.2. The lowest BCUT2D eigenvalue weighted by Gasteiger charge is -2.18. The number of sulfonamides is 1. The van der Waals surface area contributed by atoms with E-state index in [2.05, 4.69) is 10.1 Å². The molecule has 3 heterocycles. The Morgan fingerprint density at radius 1 is 1.18 bits per heavy atom. The molecule has 4 rings (SSSR count). The van der Waals surface area contributed by atoms with Gasteiger partial charge in [0.1, 0.15) is 5.56 Å². The molecule has 178 valence electrons. The number of carbonyl (C=O) groups is 2. The highest BCUT2D eigenvalue weighted by Crippen LogP contribution is 2.31. The van der Waals surface area contributed by atoms with Crippen molar-refractivity contribution in [3.05, 3.63) is 71.2 Å². The number of nitrogens with zero attached hydrogens (tertiary/aromatic N) is 4. The lowest BCUT2D eigenvalue weighted by molar-refractivity contribution is 0.0473. The molecule has 0 amide bonds. The summed E-state index contributed by atoms with van der Waals surface area (Å²) in [6.07, 6.45) is 3.60. The van der Waals surface area contributed by atoms with E-state index in [-0.39, 0.29) is 23.0 Å². The zero-order valence-corrected chi connectivity index (χ0v) is 20.1. The van der Waals surface area contributed by atoms with Crippen molar-refractivity contribution < 1.29 is 22.7 Å². The number of rotatable bonds is 8. The number of anilines is 1. The van der Waals surface area contributed by atoms with Crippen LogP contribution in [0.2, 0.25) is 0 Å². The van der Waals surface area contributed by atoms with Gasteiger partial charge in [-0.3, -0.25) is 9.10 Å². The van der Waals surface area contributed by atoms with Gasteiger partial charge in [0, 0.05) is 18.3 Å². The molecule has 1 aromatic carbocycles. The van der Waals surface area contributed by atoms with E-state index in [9.17, 15) is 18.0 Å². The molecule has 0 aliphatic carbocycles. The van der Waals surface area contributed by atoms with Crippen molar-refractivity contribution >= 4 is 27.5 Å². The molecule has 0 bridgehead atoms. The first kappa shape index (κ1) is 23.6. The molecule has 0 saturated heterocycles. The molecule has 0 saturated carbocycles. The Balaban J connectivity index is 1.48. The van der Waals surface area contributed by atoms with Gasteiger partial charge in [-0.05, 0) is 55.2 Å². The smallest absolute Gasteiger partial charge is 0.342 e. The number of fused-ring (bicyclic) bond motifs is 1. The molecule has 0 spiro atoms. The van der Waals surface area contributed by atoms with Crippen molar-refractivity contribution in [2.24, 2.45) is 0 Å². The highest BCUT2D eigenvalue weighted by atomic mass is 32.2. The van der Waals surface area contributed by atoms with Crippen LogP contribution in [0, 0.1) is 0 Å². The van der Waals surface area contributed by atoms with Crippen LogP contribution in [-0.2, 0) is 21.2 Å². The molecule has 0 atom stereocenters. The first-order valence-corrected chi connectivity index (χ1v) is 12.7. The summed E-state index contributed by atoms with van der Waals surface area (Å²) in [6.45, 7) is 5.40. The van der Waals surface area contributed by atoms with Crippen LogP contribution >= 0.6 is 0 Å². The number of hydrogen-bond donors (Lipinski definition) is 0. The third-order valence-corrected chi connectivity index (χ3v) is 7.51. The molecule has 3 aromatic rings. The minimum absolute atomic E-state index is 0.0123. The van der Waals surface area contributed by atoms with Crippen LogP contribution in [-0.4, -0.2) is 53.8 Å². The summed E-state index contributed by atoms with van der Waals surface area (Å²) in [7, 11) is -3.36. The molecule has 0 fully saturated rings. The van der Waals surface area contributed by atoms with E-state index in [0.717, 1.165) is 5.56 Å². The average molecular weight is 483 g/mol. The number of aromatic nitrogens is 3. The largest absolute Gasteiger partial charge is 0.454 e. The third-order valence-electron chi connectivity index (χ3n) is 5.73. The maximum atomic E-state index is 12.8. The minimum Gasteiger partial charge on any atom is -0.454 e. The maximum Gasteiger partial charge on any atom is 0.342 e. The van der Waals surface area contributed by atoms with Crippen molar-refractivity contribution in [2.45, 2.75) is 33.1 Å². The Morgan fingerprint density at radius 2 is 1.97 bits per heavy atom. The Hall–Kier alpha value is -3.53. The zero-order valence-electron chi connectivity index (χ0n) is 19.3. The summed E-state index contributed by atoms with van der Waals surface area (Å²) in [6, 6.07) is 10.3. The molecule has 10 heteroatoms. The molecule has 0 radical (unpaired) electrons. The van der Waals surface area contributed by atoms with Gasteiger partial charge in [0.05, 0.1) is 23.3 Å². The van der Waals surface area contributed by atoms with Crippen molar-refractivity contribution in [1.82, 2.24) is 14.8 Å². The minimum atomic E-state index is -3.36. The van der Waals surface area contributed by atoms with Crippen LogP contribution < -0.4 is 4.31 Å². The number of Topliss-reactive ketones (excluding diaryl/α,β-unsaturated/α-hetero) is 1. The van der Waals surface area contributed by atoms with E-state index in [4.69, 9.17) is 4.74 Å². The van der Waals surface area contributed by atoms with Gasteiger partial charge in [0.15, 0.2) is 18.2 Å². The standard InChI is InChI=1S/C24H26N4O5S/c1-4-34(31,32)27-12-10-17-13-18(8-9-20(17)27)21(29)15-33-24(30)19-14-26-28(23(19)16(2)3)22-7-5-6-11-25-22/h5-9,11,13-14,16H,4,10,12,15H2,1-3H3. The monoisotopic (exact) mass is 482 g/mol. The summed E-state index contributed by atoms with van der Waals surface area (Å²) < 4.78 is 32.8. The molecule has 9 nitrogen and oxygen atoms in total. The van der Waals surface area contributed by atoms with E-state index in [0.29, 0.717) is 35.7 Å². The van der Waals surface area contributed by atoms with Gasteiger partial charge in [0.2, 0.25) is 10.0 Å². The number of carbonyl (C=O) groups excluding carboxylic acids is 2. The fourth-order valence-corrected chi connectivity index (χ4v) is 5.17. The predicted octanol–water partition coefficient (Wildman–Crippen LogP) is 3.14. The fraction of sp³-hybridized carbons (Fsp3) is 0.333. The second-order valence-corrected chi connectivity index (χ2v) is 10.4. The number of pyridine rings is 1. The molecule has 0 unspecified atom stereocenters. The summed E-state index contributed by atoms with van der Waals surface area (Å²) in [5, 5.41) is 4.30. The van der Waals surface area contributed by atoms with Crippen molar-refractivity contribution in [2.75, 3.05) is 23.2 Å². The highest BCUT2D eigenvalue weighted by molar-refractivity contribution is 7.92. The number of ether oxygens (including phenoxy) is 1. The Kier molecular flexibility index (Phi) is 6.52. The second kappa shape index (κ2) is 9.38. The third kappa shape index (κ3) is 4.45. The molecule has 34 heavy (non-hydrogen) atoms. The number of ketones is 1. The van der Waals surface area contributed by atoms with Crippen LogP contribution in [0.4, 0.5) is 5.69 Å². The molecule has 1 aliphatic heterocycles. The Bertz CT molecular complexity index is 1330. The lowest BCUT2D eigenvalue weighted by atomic mass is 10.1. The predicted molar refractivity (Wildman–Crippen MR) is 127 cm³/mol. The van der Waals surface area contributed by atoms with E-state index >= 15 is 0 Å². The van der Waals surface area contributed by atoms with Gasteiger partial charge in [0.25, 0.3) is 0 Å². The van der Waals surface area contributed by atoms with Gasteiger partial charge in [-0.1, -0.05) is 19.9 Å². The van der Waals surface area contributed by atoms with Crippen LogP contribution in [0.25, 0.3) is 5.82 Å². The number of benzene rings is 1. The van der Waals surface area contributed by atoms with Crippen LogP contribution in [0.15, 0.2) is 48.8 Å². The SMILES string of the molecule is CCS(=O)(=O)N1CCc2cc(C(=O)COC(=O)c3cnn(-c4ccccn4)c3C(C)C)ccc21. The average Bonchev–Trinajstić information content (AvgIpc) is 3.47. The van der Waals surface area contributed by atoms with Crippen molar-refractivity contribution in [3.8, 4) is 5.82 Å². The molecule has 1 aliphatic rings. The molecule has 0 N–H and O–H groups in total. The zero-order chi connectivity index (χ0) is 24.5. The lowest BCUT2D eigenvalue weighted by Crippen LogP contribution is -2.30. The van der Waals surface area contributed by atoms with E-state index in [1.54, 1.807) is 48.1 Å². The van der Waals surface area contributed by atoms with Gasteiger partial charge < -0.3 is 4.74 Å². The highest BCUT2D eigenvalue weighted by Gasteiger charge is 2.29. The van der Waals surface area contributed by atoms with Crippen molar-refractivity contribution in [1.29, 1.82) is 0 Å². The van der Waals surface area contributed by atoms with Gasteiger partial charge in [-0.15, -0.1) is 0 Å². The second-order valence-electron chi connectivity index (χ2n) is 8.26. The first-order valence-electron chi connectivity index (χ1n) is 11.1. The van der Waals surface area contributed by atoms with E-state index < -0.39 is 22.6 Å². The summed E-state index contributed by atoms with van der Waals surface area (Å²) >= 11 is 0. The van der Waals surface area contributed by atoms with Gasteiger partial charge >= 0.3 is 5.97 Å². The maximum absolute atomic E-state index is 12.8. The molecule has 2 aromatic heterocycles. The van der Waals surface area contributed by atoms with Gasteiger partial charge in [-0.25, -0.2) is 22.9 Å². The molecular weight excluding hydrogens is 456 g/mol. The summed E-state index contributed by atoms with van der Waals surface area (Å²) in [5.41, 5.74) is 2.68. The number of hydrogen-bond acceptors (Lipinski definition) is 7. The summed E-state index contributed by atoms with van der Waals surface area (Å²) in [4.78, 5) is 29.8. The fourth-order valence-electron chi connectivity index (χ4n) is 4.01. The summed E-state index contributed by atoms with van der Waals surface area (Å²) in [5.74, 6) is -0.449. The van der Waals surface area contributed by atoms with Crippen molar-refractivity contribution in [3.63, 3.8) is 0 Å². The van der Waals surface area contributed by atoms with Crippen LogP contribution in [0.3, 0.4) is 0 Å². The Morgan fingerprint density at radius 3 is 2.65 bits per heavy atom. The molecular formula is C24H26N4O5S. The topological polar surface area (TPSA) is 111 Å². The Labute approximate surface area is 198 Å². The van der Waals surface area contributed by atoms with E-state index in [1.807, 2.05) is 19.9 Å². The quantitative estimate of drug-likeness (QED) is 0.358. The van der Waals surface area contributed by atoms with Crippen LogP contribution in [0.5, 0.6) is 0 Å².